The molecule has 3 rings (SSSR count). The molecule has 2 amide bonds. The van der Waals surface area contributed by atoms with Crippen LogP contribution < -0.4 is 10.6 Å². The summed E-state index contributed by atoms with van der Waals surface area (Å²) in [4.78, 5) is 27.2. The molecule has 1 aromatic rings. The Bertz CT molecular complexity index is 633. The van der Waals surface area contributed by atoms with Gasteiger partial charge in [-0.25, -0.2) is 0 Å². The predicted molar refractivity (Wildman–Crippen MR) is 109 cm³/mol. The van der Waals surface area contributed by atoms with Crippen molar-refractivity contribution in [3.63, 3.8) is 0 Å². The number of amides is 2. The van der Waals surface area contributed by atoms with Crippen molar-refractivity contribution in [3.05, 3.63) is 35.4 Å². The topological polar surface area (TPSA) is 70.7 Å². The average Bonchev–Trinajstić information content (AvgIpc) is 2.74. The van der Waals surface area contributed by atoms with Gasteiger partial charge in [-0.2, -0.15) is 0 Å². The molecule has 1 aromatic carbocycles. The second kappa shape index (κ2) is 10.6. The van der Waals surface area contributed by atoms with Crippen LogP contribution in [0.25, 0.3) is 0 Å². The molecule has 0 bridgehead atoms. The van der Waals surface area contributed by atoms with Crippen LogP contribution in [0, 0.1) is 18.8 Å². The minimum atomic E-state index is 0.0304. The molecule has 0 atom stereocenters. The SMILES string of the molecule is Cc1ccc(CNC(=O)C2CCC(C(=O)NCCN3CCOCC3)CC2)cc1. The number of nitrogens with zero attached hydrogens (tertiary/aromatic N) is 1. The molecular weight excluding hydrogens is 354 g/mol. The molecule has 6 heteroatoms. The van der Waals surface area contributed by atoms with Gasteiger partial charge < -0.3 is 15.4 Å². The fraction of sp³-hybridized carbons (Fsp3) is 0.636. The summed E-state index contributed by atoms with van der Waals surface area (Å²) in [5.74, 6) is 0.340. The molecule has 6 nitrogen and oxygen atoms in total. The number of nitrogens with one attached hydrogen (secondary N) is 2. The van der Waals surface area contributed by atoms with Gasteiger partial charge in [0.05, 0.1) is 13.2 Å². The summed E-state index contributed by atoms with van der Waals surface area (Å²) in [6.45, 7) is 7.65. The molecule has 1 saturated heterocycles. The van der Waals surface area contributed by atoms with E-state index in [2.05, 4.69) is 34.6 Å². The number of hydrogen-bond donors (Lipinski definition) is 2. The van der Waals surface area contributed by atoms with Crippen LogP contribution in [0.15, 0.2) is 24.3 Å². The van der Waals surface area contributed by atoms with Crippen molar-refractivity contribution in [2.75, 3.05) is 39.4 Å². The van der Waals surface area contributed by atoms with E-state index in [1.165, 1.54) is 5.56 Å². The van der Waals surface area contributed by atoms with E-state index in [0.29, 0.717) is 13.1 Å². The van der Waals surface area contributed by atoms with E-state index in [1.807, 2.05) is 12.1 Å². The average molecular weight is 388 g/mol. The van der Waals surface area contributed by atoms with Crippen LogP contribution in [-0.4, -0.2) is 56.1 Å². The Morgan fingerprint density at radius 3 is 2.14 bits per heavy atom. The van der Waals surface area contributed by atoms with Gasteiger partial charge in [0.2, 0.25) is 11.8 Å². The first-order valence-corrected chi connectivity index (χ1v) is 10.5. The Kier molecular flexibility index (Phi) is 7.86. The van der Waals surface area contributed by atoms with E-state index in [-0.39, 0.29) is 23.7 Å². The largest absolute Gasteiger partial charge is 0.379 e. The number of benzene rings is 1. The summed E-state index contributed by atoms with van der Waals surface area (Å²) in [7, 11) is 0. The van der Waals surface area contributed by atoms with Crippen LogP contribution in [0.3, 0.4) is 0 Å². The van der Waals surface area contributed by atoms with E-state index in [9.17, 15) is 9.59 Å². The number of hydrogen-bond acceptors (Lipinski definition) is 4. The van der Waals surface area contributed by atoms with Crippen LogP contribution in [-0.2, 0) is 20.9 Å². The van der Waals surface area contributed by atoms with E-state index < -0.39 is 0 Å². The Labute approximate surface area is 168 Å². The highest BCUT2D eigenvalue weighted by Gasteiger charge is 2.29. The smallest absolute Gasteiger partial charge is 0.223 e. The number of carbonyl (C=O) groups is 2. The molecule has 0 aromatic heterocycles. The van der Waals surface area contributed by atoms with Gasteiger partial charge in [0.15, 0.2) is 0 Å². The summed E-state index contributed by atoms with van der Waals surface area (Å²) in [6.07, 6.45) is 3.18. The molecule has 2 fully saturated rings. The lowest BCUT2D eigenvalue weighted by atomic mass is 9.81. The molecular formula is C22H33N3O3. The molecule has 1 saturated carbocycles. The number of morpholine rings is 1. The van der Waals surface area contributed by atoms with Crippen molar-refractivity contribution >= 4 is 11.8 Å². The van der Waals surface area contributed by atoms with Gasteiger partial charge in [0.25, 0.3) is 0 Å². The Morgan fingerprint density at radius 2 is 1.54 bits per heavy atom. The molecule has 28 heavy (non-hydrogen) atoms. The molecule has 1 aliphatic heterocycles. The highest BCUT2D eigenvalue weighted by molar-refractivity contribution is 5.81. The van der Waals surface area contributed by atoms with Gasteiger partial charge in [-0.15, -0.1) is 0 Å². The third-order valence-electron chi connectivity index (χ3n) is 5.89. The maximum absolute atomic E-state index is 12.4. The number of carbonyl (C=O) groups excluding carboxylic acids is 2. The van der Waals surface area contributed by atoms with Crippen LogP contribution in [0.4, 0.5) is 0 Å². The van der Waals surface area contributed by atoms with Crippen molar-refractivity contribution in [1.82, 2.24) is 15.5 Å². The third-order valence-corrected chi connectivity index (χ3v) is 5.89. The summed E-state index contributed by atoms with van der Waals surface area (Å²) in [5, 5.41) is 6.12. The Hall–Kier alpha value is -1.92. The van der Waals surface area contributed by atoms with Gasteiger partial charge in [0, 0.05) is 44.6 Å². The Balaban J connectivity index is 1.32. The standard InChI is InChI=1S/C22H33N3O3/c1-17-2-4-18(5-3-17)16-24-22(27)20-8-6-19(7-9-20)21(26)23-10-11-25-12-14-28-15-13-25/h2-5,19-20H,6-16H2,1H3,(H,23,26)(H,24,27). The van der Waals surface area contributed by atoms with Crippen LogP contribution >= 0.6 is 0 Å². The van der Waals surface area contributed by atoms with Crippen molar-refractivity contribution in [1.29, 1.82) is 0 Å². The number of ether oxygens (including phenoxy) is 1. The van der Waals surface area contributed by atoms with Crippen molar-refractivity contribution in [2.45, 2.75) is 39.2 Å². The first kappa shape index (κ1) is 20.8. The monoisotopic (exact) mass is 387 g/mol. The van der Waals surface area contributed by atoms with Gasteiger partial charge in [-0.3, -0.25) is 14.5 Å². The molecule has 0 unspecified atom stereocenters. The van der Waals surface area contributed by atoms with Crippen LogP contribution in [0.2, 0.25) is 0 Å². The van der Waals surface area contributed by atoms with Crippen molar-refractivity contribution < 1.29 is 14.3 Å². The third kappa shape index (κ3) is 6.31. The van der Waals surface area contributed by atoms with E-state index in [1.54, 1.807) is 0 Å². The zero-order valence-electron chi connectivity index (χ0n) is 16.9. The molecule has 2 N–H and O–H groups in total. The van der Waals surface area contributed by atoms with E-state index >= 15 is 0 Å². The minimum absolute atomic E-state index is 0.0304. The summed E-state index contributed by atoms with van der Waals surface area (Å²) >= 11 is 0. The summed E-state index contributed by atoms with van der Waals surface area (Å²) in [6, 6.07) is 8.22. The van der Waals surface area contributed by atoms with Gasteiger partial charge in [0.1, 0.15) is 0 Å². The van der Waals surface area contributed by atoms with E-state index in [0.717, 1.165) is 64.1 Å². The fourth-order valence-electron chi connectivity index (χ4n) is 3.96. The zero-order valence-corrected chi connectivity index (χ0v) is 16.9. The first-order valence-electron chi connectivity index (χ1n) is 10.5. The molecule has 0 spiro atoms. The summed E-state index contributed by atoms with van der Waals surface area (Å²) < 4.78 is 5.34. The molecule has 0 radical (unpaired) electrons. The lowest BCUT2D eigenvalue weighted by molar-refractivity contribution is -0.130. The van der Waals surface area contributed by atoms with E-state index in [4.69, 9.17) is 4.74 Å². The minimum Gasteiger partial charge on any atom is -0.379 e. The number of rotatable bonds is 7. The zero-order chi connectivity index (χ0) is 19.8. The second-order valence-electron chi connectivity index (χ2n) is 8.00. The first-order chi connectivity index (χ1) is 13.6. The summed E-state index contributed by atoms with van der Waals surface area (Å²) in [5.41, 5.74) is 2.34. The van der Waals surface area contributed by atoms with Gasteiger partial charge in [-0.05, 0) is 38.2 Å². The fourth-order valence-corrected chi connectivity index (χ4v) is 3.96. The van der Waals surface area contributed by atoms with Crippen molar-refractivity contribution in [3.8, 4) is 0 Å². The highest BCUT2D eigenvalue weighted by Crippen LogP contribution is 2.29. The normalized spacial score (nSPS) is 23.2. The number of aryl methyl sites for hydroxylation is 1. The highest BCUT2D eigenvalue weighted by atomic mass is 16.5. The maximum Gasteiger partial charge on any atom is 0.223 e. The second-order valence-corrected chi connectivity index (χ2v) is 8.00. The lowest BCUT2D eigenvalue weighted by Crippen LogP contribution is -2.43. The Morgan fingerprint density at radius 1 is 0.964 bits per heavy atom. The van der Waals surface area contributed by atoms with Crippen LogP contribution in [0.1, 0.15) is 36.8 Å². The van der Waals surface area contributed by atoms with Gasteiger partial charge >= 0.3 is 0 Å². The predicted octanol–water partition coefficient (Wildman–Crippen LogP) is 1.87. The molecule has 154 valence electrons. The quantitative estimate of drug-likeness (QED) is 0.749. The van der Waals surface area contributed by atoms with Crippen LogP contribution in [0.5, 0.6) is 0 Å². The van der Waals surface area contributed by atoms with Crippen molar-refractivity contribution in [2.24, 2.45) is 11.8 Å². The molecule has 1 aliphatic carbocycles. The molecule has 2 aliphatic rings. The lowest BCUT2D eigenvalue weighted by Gasteiger charge is -2.28. The maximum atomic E-state index is 12.4. The molecule has 1 heterocycles. The van der Waals surface area contributed by atoms with Gasteiger partial charge in [-0.1, -0.05) is 29.8 Å².